The van der Waals surface area contributed by atoms with Gasteiger partial charge in [-0.15, -0.1) is 0 Å². The van der Waals surface area contributed by atoms with Gasteiger partial charge in [-0.1, -0.05) is 18.2 Å². The Hall–Kier alpha value is -2.50. The first-order valence-electron chi connectivity index (χ1n) is 8.96. The first-order valence-corrected chi connectivity index (χ1v) is 11.7. The lowest BCUT2D eigenvalue weighted by molar-refractivity contribution is 0.0956. The summed E-state index contributed by atoms with van der Waals surface area (Å²) in [5.41, 5.74) is 2.77. The summed E-state index contributed by atoms with van der Waals surface area (Å²) in [4.78, 5) is 12.2. The van der Waals surface area contributed by atoms with Crippen molar-refractivity contribution in [1.82, 2.24) is 5.32 Å². The van der Waals surface area contributed by atoms with Gasteiger partial charge in [0.2, 0.25) is 10.0 Å². The van der Waals surface area contributed by atoms with Crippen LogP contribution in [0.1, 0.15) is 27.9 Å². The van der Waals surface area contributed by atoms with Crippen molar-refractivity contribution in [3.63, 3.8) is 0 Å². The smallest absolute Gasteiger partial charge is 0.251 e. The number of nitrogens with zero attached hydrogens (tertiary/aromatic N) is 2. The molecular formula is C20H21N3O3S2. The number of anilines is 1. The van der Waals surface area contributed by atoms with Gasteiger partial charge in [-0.2, -0.15) is 17.0 Å². The van der Waals surface area contributed by atoms with E-state index in [2.05, 4.69) is 11.4 Å². The van der Waals surface area contributed by atoms with Crippen LogP contribution in [-0.4, -0.2) is 38.9 Å². The third-order valence-corrected chi connectivity index (χ3v) is 7.32. The van der Waals surface area contributed by atoms with E-state index in [4.69, 9.17) is 5.26 Å². The number of rotatable bonds is 7. The van der Waals surface area contributed by atoms with E-state index in [0.29, 0.717) is 36.3 Å². The van der Waals surface area contributed by atoms with Gasteiger partial charge in [0, 0.05) is 30.2 Å². The number of sulfonamides is 1. The molecular weight excluding hydrogens is 394 g/mol. The monoisotopic (exact) mass is 415 g/mol. The molecule has 8 heteroatoms. The zero-order chi connectivity index (χ0) is 20.0. The summed E-state index contributed by atoms with van der Waals surface area (Å²) in [6.07, 6.45) is 0.626. The van der Waals surface area contributed by atoms with Gasteiger partial charge in [-0.25, -0.2) is 8.42 Å². The predicted octanol–water partition coefficient (Wildman–Crippen LogP) is 2.76. The molecule has 1 aliphatic rings. The standard InChI is InChI=1S/C20H21N3O3S2/c21-14-17-4-1-2-5-18(17)15-27-12-10-22-20(24)16-6-8-19(9-7-16)23-11-3-13-28(23,25)26/h1-2,4-9H,3,10-13,15H2,(H,22,24). The van der Waals surface area contributed by atoms with Crippen LogP contribution in [0.15, 0.2) is 48.5 Å². The Kier molecular flexibility index (Phi) is 6.60. The summed E-state index contributed by atoms with van der Waals surface area (Å²) in [6, 6.07) is 16.3. The van der Waals surface area contributed by atoms with Crippen LogP contribution in [0.2, 0.25) is 0 Å². The SMILES string of the molecule is N#Cc1ccccc1CSCCNC(=O)c1ccc(N2CCCS2(=O)=O)cc1. The molecule has 1 aliphatic heterocycles. The van der Waals surface area contributed by atoms with Crippen molar-refractivity contribution in [3.05, 3.63) is 65.2 Å². The van der Waals surface area contributed by atoms with Crippen LogP contribution in [0.4, 0.5) is 5.69 Å². The normalized spacial score (nSPS) is 15.2. The minimum absolute atomic E-state index is 0.172. The Morgan fingerprint density at radius 2 is 1.93 bits per heavy atom. The van der Waals surface area contributed by atoms with E-state index in [1.807, 2.05) is 18.2 Å². The van der Waals surface area contributed by atoms with E-state index in [-0.39, 0.29) is 11.7 Å². The lowest BCUT2D eigenvalue weighted by atomic mass is 10.1. The van der Waals surface area contributed by atoms with Gasteiger partial charge in [-0.3, -0.25) is 9.10 Å². The van der Waals surface area contributed by atoms with Crippen molar-refractivity contribution >= 4 is 33.4 Å². The van der Waals surface area contributed by atoms with E-state index < -0.39 is 10.0 Å². The Morgan fingerprint density at radius 3 is 2.61 bits per heavy atom. The average molecular weight is 416 g/mol. The van der Waals surface area contributed by atoms with Gasteiger partial charge in [-0.05, 0) is 42.3 Å². The molecule has 0 unspecified atom stereocenters. The fraction of sp³-hybridized carbons (Fsp3) is 0.300. The van der Waals surface area contributed by atoms with Gasteiger partial charge in [0.05, 0.1) is 23.1 Å². The molecule has 0 saturated carbocycles. The third-order valence-electron chi connectivity index (χ3n) is 4.44. The van der Waals surface area contributed by atoms with Crippen molar-refractivity contribution in [2.45, 2.75) is 12.2 Å². The minimum Gasteiger partial charge on any atom is -0.351 e. The van der Waals surface area contributed by atoms with Gasteiger partial charge in [0.1, 0.15) is 0 Å². The number of carbonyl (C=O) groups is 1. The quantitative estimate of drug-likeness (QED) is 0.702. The number of nitrogens with one attached hydrogen (secondary N) is 1. The highest BCUT2D eigenvalue weighted by atomic mass is 32.2. The van der Waals surface area contributed by atoms with E-state index in [9.17, 15) is 13.2 Å². The molecule has 3 rings (SSSR count). The predicted molar refractivity (Wildman–Crippen MR) is 112 cm³/mol. The van der Waals surface area contributed by atoms with Crippen molar-refractivity contribution in [3.8, 4) is 6.07 Å². The van der Waals surface area contributed by atoms with Crippen LogP contribution in [0.5, 0.6) is 0 Å². The first kappa shape index (κ1) is 20.2. The molecule has 1 amide bonds. The Balaban J connectivity index is 1.46. The number of hydrogen-bond acceptors (Lipinski definition) is 5. The van der Waals surface area contributed by atoms with Gasteiger partial charge >= 0.3 is 0 Å². The summed E-state index contributed by atoms with van der Waals surface area (Å²) >= 11 is 1.65. The molecule has 1 N–H and O–H groups in total. The fourth-order valence-electron chi connectivity index (χ4n) is 2.98. The van der Waals surface area contributed by atoms with Gasteiger partial charge < -0.3 is 5.32 Å². The van der Waals surface area contributed by atoms with E-state index in [0.717, 1.165) is 17.1 Å². The molecule has 1 fully saturated rings. The Morgan fingerprint density at radius 1 is 1.18 bits per heavy atom. The molecule has 0 bridgehead atoms. The molecule has 1 heterocycles. The number of amides is 1. The van der Waals surface area contributed by atoms with E-state index >= 15 is 0 Å². The Labute approximate surface area is 169 Å². The third kappa shape index (κ3) is 4.86. The van der Waals surface area contributed by atoms with Crippen LogP contribution in [-0.2, 0) is 15.8 Å². The molecule has 0 atom stereocenters. The zero-order valence-electron chi connectivity index (χ0n) is 15.3. The van der Waals surface area contributed by atoms with Crippen LogP contribution < -0.4 is 9.62 Å². The van der Waals surface area contributed by atoms with Crippen molar-refractivity contribution in [2.24, 2.45) is 0 Å². The lowest BCUT2D eigenvalue weighted by Crippen LogP contribution is -2.27. The molecule has 0 aliphatic carbocycles. The van der Waals surface area contributed by atoms with Crippen LogP contribution in [0.3, 0.4) is 0 Å². The second kappa shape index (κ2) is 9.13. The summed E-state index contributed by atoms with van der Waals surface area (Å²) in [5.74, 6) is 1.44. The molecule has 1 saturated heterocycles. The molecule has 0 radical (unpaired) electrons. The summed E-state index contributed by atoms with van der Waals surface area (Å²) in [6.45, 7) is 1.00. The van der Waals surface area contributed by atoms with Crippen molar-refractivity contribution in [1.29, 1.82) is 5.26 Å². The summed E-state index contributed by atoms with van der Waals surface area (Å²) in [5, 5.41) is 11.9. The number of carbonyl (C=O) groups excluding carboxylic acids is 1. The highest BCUT2D eigenvalue weighted by molar-refractivity contribution is 7.98. The van der Waals surface area contributed by atoms with Crippen LogP contribution in [0.25, 0.3) is 0 Å². The number of hydrogen-bond donors (Lipinski definition) is 1. The van der Waals surface area contributed by atoms with Crippen LogP contribution >= 0.6 is 11.8 Å². The Bertz CT molecular complexity index is 983. The second-order valence-electron chi connectivity index (χ2n) is 6.37. The van der Waals surface area contributed by atoms with Crippen LogP contribution in [0, 0.1) is 11.3 Å². The highest BCUT2D eigenvalue weighted by Crippen LogP contribution is 2.24. The van der Waals surface area contributed by atoms with E-state index in [1.165, 1.54) is 4.31 Å². The number of nitriles is 1. The molecule has 146 valence electrons. The maximum absolute atomic E-state index is 12.2. The molecule has 0 spiro atoms. The van der Waals surface area contributed by atoms with Gasteiger partial charge in [0.15, 0.2) is 0 Å². The molecule has 2 aromatic carbocycles. The highest BCUT2D eigenvalue weighted by Gasteiger charge is 2.28. The number of benzene rings is 2. The minimum atomic E-state index is -3.21. The molecule has 6 nitrogen and oxygen atoms in total. The maximum Gasteiger partial charge on any atom is 0.251 e. The topological polar surface area (TPSA) is 90.3 Å². The fourth-order valence-corrected chi connectivity index (χ4v) is 5.41. The van der Waals surface area contributed by atoms with Crippen molar-refractivity contribution < 1.29 is 13.2 Å². The largest absolute Gasteiger partial charge is 0.351 e. The van der Waals surface area contributed by atoms with Crippen molar-refractivity contribution in [2.75, 3.05) is 28.9 Å². The number of thioether (sulfide) groups is 1. The molecule has 0 aromatic heterocycles. The molecule has 2 aromatic rings. The summed E-state index contributed by atoms with van der Waals surface area (Å²) in [7, 11) is -3.21. The second-order valence-corrected chi connectivity index (χ2v) is 9.48. The maximum atomic E-state index is 12.2. The van der Waals surface area contributed by atoms with Gasteiger partial charge in [0.25, 0.3) is 5.91 Å². The average Bonchev–Trinajstić information content (AvgIpc) is 3.07. The first-order chi connectivity index (χ1) is 13.5. The summed E-state index contributed by atoms with van der Waals surface area (Å²) < 4.78 is 25.3. The lowest BCUT2D eigenvalue weighted by Gasteiger charge is -2.17. The zero-order valence-corrected chi connectivity index (χ0v) is 16.9. The van der Waals surface area contributed by atoms with E-state index in [1.54, 1.807) is 42.1 Å². The molecule has 28 heavy (non-hydrogen) atoms.